The number of nitrogens with one attached hydrogen (secondary N) is 2. The molecule has 49 heavy (non-hydrogen) atoms. The third kappa shape index (κ3) is 8.86. The lowest BCUT2D eigenvalue weighted by Crippen LogP contribution is -2.43. The number of thiophene rings is 1. The monoisotopic (exact) mass is 710 g/mol. The molecule has 3 aliphatic carbocycles. The fraction of sp³-hybridized carbons (Fsp3) is 0.622. The molecule has 0 unspecified atom stereocenters. The van der Waals surface area contributed by atoms with E-state index in [-0.39, 0.29) is 35.8 Å². The highest BCUT2D eigenvalue weighted by atomic mass is 32.1. The molecule has 4 aliphatic rings. The highest BCUT2D eigenvalue weighted by Crippen LogP contribution is 2.42. The Labute approximate surface area is 299 Å². The van der Waals surface area contributed by atoms with Crippen molar-refractivity contribution in [3.8, 4) is 11.5 Å². The predicted octanol–water partition coefficient (Wildman–Crippen LogP) is 6.59. The van der Waals surface area contributed by atoms with Gasteiger partial charge in [0.05, 0.1) is 24.8 Å². The van der Waals surface area contributed by atoms with Crippen LogP contribution in [-0.4, -0.2) is 78.2 Å². The van der Waals surface area contributed by atoms with Crippen LogP contribution in [0.3, 0.4) is 0 Å². The maximum absolute atomic E-state index is 13.6. The van der Waals surface area contributed by atoms with Crippen LogP contribution in [0.5, 0.6) is 11.5 Å². The van der Waals surface area contributed by atoms with Crippen LogP contribution in [-0.2, 0) is 28.9 Å². The Hall–Kier alpha value is -3.38. The molecular weight excluding hydrogens is 661 g/mol. The summed E-state index contributed by atoms with van der Waals surface area (Å²) in [4.78, 5) is 45.5. The molecule has 266 valence electrons. The van der Waals surface area contributed by atoms with Crippen molar-refractivity contribution in [1.82, 2.24) is 15.1 Å². The fourth-order valence-corrected chi connectivity index (χ4v) is 8.50. The molecule has 3 amide bonds. The zero-order valence-electron chi connectivity index (χ0n) is 29.4. The quantitative estimate of drug-likeness (QED) is 0.238. The van der Waals surface area contributed by atoms with Gasteiger partial charge in [-0.15, -0.1) is 11.3 Å². The Kier molecular flexibility index (Phi) is 10.7. The summed E-state index contributed by atoms with van der Waals surface area (Å²) in [7, 11) is 3.29. The molecule has 2 atom stereocenters. The second-order valence-corrected chi connectivity index (χ2v) is 16.6. The summed E-state index contributed by atoms with van der Waals surface area (Å²) in [5.41, 5.74) is 2.12. The molecule has 1 aliphatic heterocycles. The van der Waals surface area contributed by atoms with Crippen LogP contribution in [0.2, 0.25) is 0 Å². The van der Waals surface area contributed by atoms with E-state index >= 15 is 0 Å². The average molecular weight is 711 g/mol. The molecular formula is C37H50N4O6S2. The molecule has 2 N–H and O–H groups in total. The average Bonchev–Trinajstić information content (AvgIpc) is 4.00. The van der Waals surface area contributed by atoms with Gasteiger partial charge in [0.25, 0.3) is 5.91 Å². The molecule has 0 bridgehead atoms. The number of carbonyl (C=O) groups excluding carboxylic acids is 3. The maximum atomic E-state index is 13.6. The minimum atomic E-state index is -0.573. The molecule has 2 saturated carbocycles. The first-order chi connectivity index (χ1) is 23.4. The summed E-state index contributed by atoms with van der Waals surface area (Å²) in [6, 6.07) is 5.83. The van der Waals surface area contributed by atoms with Gasteiger partial charge in [-0.1, -0.05) is 12.2 Å². The van der Waals surface area contributed by atoms with Crippen LogP contribution in [0, 0.1) is 17.8 Å². The maximum Gasteiger partial charge on any atom is 0.410 e. The number of fused-ring (bicyclic) bond motifs is 1. The number of nitrogens with zero attached hydrogens (tertiary/aromatic N) is 2. The number of benzene rings is 1. The van der Waals surface area contributed by atoms with Crippen LogP contribution in [0.25, 0.3) is 0 Å². The molecule has 2 heterocycles. The van der Waals surface area contributed by atoms with E-state index in [2.05, 4.69) is 15.5 Å². The number of hydrogen-bond donors (Lipinski definition) is 2. The largest absolute Gasteiger partial charge is 0.497 e. The number of carbonyl (C=O) groups is 3. The van der Waals surface area contributed by atoms with Crippen LogP contribution >= 0.6 is 23.6 Å². The Morgan fingerprint density at radius 3 is 2.49 bits per heavy atom. The lowest BCUT2D eigenvalue weighted by Gasteiger charge is -2.34. The van der Waals surface area contributed by atoms with Gasteiger partial charge in [-0.25, -0.2) is 4.79 Å². The van der Waals surface area contributed by atoms with E-state index < -0.39 is 5.60 Å². The number of methoxy groups -OCH3 is 2. The van der Waals surface area contributed by atoms with Gasteiger partial charge in [0.1, 0.15) is 22.1 Å². The molecule has 1 aromatic carbocycles. The van der Waals surface area contributed by atoms with Gasteiger partial charge >= 0.3 is 6.09 Å². The van der Waals surface area contributed by atoms with Crippen molar-refractivity contribution in [1.29, 1.82) is 0 Å². The van der Waals surface area contributed by atoms with Gasteiger partial charge in [-0.2, -0.15) is 0 Å². The zero-order chi connectivity index (χ0) is 34.9. The van der Waals surface area contributed by atoms with Gasteiger partial charge < -0.3 is 34.6 Å². The summed E-state index contributed by atoms with van der Waals surface area (Å²) in [6.45, 7) is 7.96. The van der Waals surface area contributed by atoms with Crippen molar-refractivity contribution in [2.75, 3.05) is 39.2 Å². The Morgan fingerprint density at radius 2 is 1.82 bits per heavy atom. The predicted molar refractivity (Wildman–Crippen MR) is 195 cm³/mol. The molecule has 3 fully saturated rings. The summed E-state index contributed by atoms with van der Waals surface area (Å²) >= 11 is 7.83. The smallest absolute Gasteiger partial charge is 0.410 e. The third-order valence-corrected chi connectivity index (χ3v) is 11.5. The molecule has 12 heteroatoms. The summed E-state index contributed by atoms with van der Waals surface area (Å²) < 4.78 is 16.9. The first kappa shape index (κ1) is 35.4. The number of rotatable bonds is 12. The van der Waals surface area contributed by atoms with E-state index in [1.165, 1.54) is 4.88 Å². The SMILES string of the molecule is COc1ccc(CN(C(=S)C[C@H]2CCc3sc(NC(=O)C4CC4)c(C(=O)NCC4CC4)c3C2)[C@@H]2CCN(C(=O)OC(C)(C)C)C2)c(OC)c1. The zero-order valence-corrected chi connectivity index (χ0v) is 31.0. The number of hydrogen-bond acceptors (Lipinski definition) is 8. The summed E-state index contributed by atoms with van der Waals surface area (Å²) in [6.07, 6.45) is 7.79. The number of likely N-dealkylation sites (tertiary alicyclic amines) is 1. The van der Waals surface area contributed by atoms with Crippen molar-refractivity contribution in [2.24, 2.45) is 17.8 Å². The van der Waals surface area contributed by atoms with Crippen molar-refractivity contribution in [3.63, 3.8) is 0 Å². The Bertz CT molecular complexity index is 1580. The van der Waals surface area contributed by atoms with Crippen LogP contribution in [0.1, 0.15) is 92.1 Å². The lowest BCUT2D eigenvalue weighted by molar-refractivity contribution is -0.117. The molecule has 2 aromatic rings. The molecule has 1 aromatic heterocycles. The van der Waals surface area contributed by atoms with Crippen molar-refractivity contribution >= 4 is 51.5 Å². The first-order valence-electron chi connectivity index (χ1n) is 17.6. The van der Waals surface area contributed by atoms with Crippen molar-refractivity contribution in [3.05, 3.63) is 39.8 Å². The summed E-state index contributed by atoms with van der Waals surface area (Å²) in [5.74, 6) is 2.23. The third-order valence-electron chi connectivity index (χ3n) is 9.90. The molecule has 0 radical (unpaired) electrons. The van der Waals surface area contributed by atoms with E-state index in [0.717, 1.165) is 73.2 Å². The van der Waals surface area contributed by atoms with Crippen molar-refractivity contribution < 1.29 is 28.6 Å². The molecule has 6 rings (SSSR count). The van der Waals surface area contributed by atoms with Crippen LogP contribution < -0.4 is 20.1 Å². The van der Waals surface area contributed by atoms with E-state index in [1.54, 1.807) is 30.5 Å². The highest BCUT2D eigenvalue weighted by molar-refractivity contribution is 7.80. The van der Waals surface area contributed by atoms with Crippen LogP contribution in [0.4, 0.5) is 9.80 Å². The van der Waals surface area contributed by atoms with Crippen molar-refractivity contribution in [2.45, 2.75) is 96.7 Å². The van der Waals surface area contributed by atoms with E-state index in [9.17, 15) is 14.4 Å². The Morgan fingerprint density at radius 1 is 1.04 bits per heavy atom. The molecule has 0 spiro atoms. The molecule has 1 saturated heterocycles. The van der Waals surface area contributed by atoms with Gasteiger partial charge in [0.15, 0.2) is 0 Å². The lowest BCUT2D eigenvalue weighted by atomic mass is 9.84. The van der Waals surface area contributed by atoms with Gasteiger partial charge in [0.2, 0.25) is 5.91 Å². The highest BCUT2D eigenvalue weighted by Gasteiger charge is 2.37. The minimum absolute atomic E-state index is 0.0140. The minimum Gasteiger partial charge on any atom is -0.497 e. The van der Waals surface area contributed by atoms with Gasteiger partial charge in [0, 0.05) is 61.1 Å². The standard InChI is InChI=1S/C37H50N4O6S2/c1-37(2,3)47-36(44)40-15-14-26(21-40)41(20-25-11-12-27(45-4)18-29(25)46-5)31(48)17-23-8-13-30-28(16-23)32(34(43)38-19-22-6-7-22)35(49-30)39-33(42)24-9-10-24/h11-12,18,22-24,26H,6-10,13-17,19-21H2,1-5H3,(H,38,43)(H,39,42)/t23-,26+/m0/s1. The Balaban J connectivity index is 1.21. The van der Waals surface area contributed by atoms with E-state index in [0.29, 0.717) is 54.8 Å². The second-order valence-electron chi connectivity index (χ2n) is 15.0. The van der Waals surface area contributed by atoms with E-state index in [1.807, 2.05) is 39.0 Å². The second kappa shape index (κ2) is 14.8. The van der Waals surface area contributed by atoms with Gasteiger partial charge in [-0.05, 0) is 102 Å². The first-order valence-corrected chi connectivity index (χ1v) is 18.9. The van der Waals surface area contributed by atoms with E-state index in [4.69, 9.17) is 26.4 Å². The number of anilines is 1. The fourth-order valence-electron chi connectivity index (χ4n) is 6.81. The number of ether oxygens (including phenoxy) is 3. The number of aryl methyl sites for hydroxylation is 1. The van der Waals surface area contributed by atoms with Gasteiger partial charge in [-0.3, -0.25) is 9.59 Å². The number of thiocarbonyl (C=S) groups is 1. The number of amides is 3. The van der Waals surface area contributed by atoms with Crippen LogP contribution in [0.15, 0.2) is 18.2 Å². The molecule has 10 nitrogen and oxygen atoms in total. The summed E-state index contributed by atoms with van der Waals surface area (Å²) in [5, 5.41) is 6.97. The topological polar surface area (TPSA) is 109 Å². The normalized spacial score (nSPS) is 20.3.